The largest absolute Gasteiger partial charge is 0.326 e. The van der Waals surface area contributed by atoms with Gasteiger partial charge in [-0.2, -0.15) is 0 Å². The Morgan fingerprint density at radius 2 is 2.00 bits per heavy atom. The van der Waals surface area contributed by atoms with Crippen LogP contribution in [-0.4, -0.2) is 9.55 Å². The molecule has 1 N–H and O–H groups in total. The smallest absolute Gasteiger partial charge is 0.306 e. The number of nitrogens with one attached hydrogen (secondary N) is 1. The maximum atomic E-state index is 11.2. The van der Waals surface area contributed by atoms with Crippen LogP contribution in [0.15, 0.2) is 23.0 Å². The van der Waals surface area contributed by atoms with Crippen molar-refractivity contribution in [2.24, 2.45) is 7.05 Å². The molecule has 0 amide bonds. The van der Waals surface area contributed by atoms with Crippen LogP contribution in [-0.2, 0) is 7.05 Å². The number of H-pyrrole nitrogens is 1. The Kier molecular flexibility index (Phi) is 3.12. The second-order valence-electron chi connectivity index (χ2n) is 3.01. The van der Waals surface area contributed by atoms with E-state index in [2.05, 4.69) is 4.98 Å². The van der Waals surface area contributed by atoms with Crippen molar-refractivity contribution >= 4 is 11.0 Å². The van der Waals surface area contributed by atoms with Gasteiger partial charge in [0.25, 0.3) is 0 Å². The molecule has 78 valence electrons. The highest BCUT2D eigenvalue weighted by Crippen LogP contribution is 2.10. The Balaban J connectivity index is 0.000000617. The molecular weight excluding hydrogens is 176 g/mol. The average molecular weight is 194 g/mol. The molecule has 0 radical (unpaired) electrons. The van der Waals surface area contributed by atoms with Crippen molar-refractivity contribution in [1.82, 2.24) is 9.55 Å². The summed E-state index contributed by atoms with van der Waals surface area (Å²) >= 11 is 0. The molecule has 3 heteroatoms. The summed E-state index contributed by atoms with van der Waals surface area (Å²) in [6.45, 7) is 6.01. The van der Waals surface area contributed by atoms with Crippen LogP contribution in [0.5, 0.6) is 0 Å². The number of aromatic amines is 1. The van der Waals surface area contributed by atoms with Crippen LogP contribution in [0.25, 0.3) is 11.0 Å². The fraction of sp³-hybridized carbons (Fsp3) is 0.364. The van der Waals surface area contributed by atoms with Gasteiger partial charge in [-0.1, -0.05) is 19.9 Å². The van der Waals surface area contributed by atoms with E-state index in [0.29, 0.717) is 0 Å². The second kappa shape index (κ2) is 4.13. The van der Waals surface area contributed by atoms with Crippen LogP contribution in [0.4, 0.5) is 0 Å². The highest BCUT2D eigenvalue weighted by Gasteiger charge is 2.00. The predicted molar refractivity (Wildman–Crippen MR) is 61.7 cm³/mol. The van der Waals surface area contributed by atoms with Crippen LogP contribution < -0.4 is 5.69 Å². The molecule has 2 rings (SSSR count). The lowest BCUT2D eigenvalue weighted by molar-refractivity contribution is 0.891. The van der Waals surface area contributed by atoms with Gasteiger partial charge in [-0.25, -0.2) is 4.79 Å². The lowest BCUT2D eigenvalue weighted by Crippen LogP contribution is -2.11. The summed E-state index contributed by atoms with van der Waals surface area (Å²) in [5.74, 6) is 0. The summed E-state index contributed by atoms with van der Waals surface area (Å²) in [6, 6.07) is 5.90. The van der Waals surface area contributed by atoms with Crippen LogP contribution in [0.3, 0.4) is 0 Å². The number of hydrogen-bond acceptors (Lipinski definition) is 1. The summed E-state index contributed by atoms with van der Waals surface area (Å²) in [7, 11) is 1.76. The number of aromatic nitrogens is 2. The number of nitrogens with zero attached hydrogens (tertiary/aromatic N) is 1. The second-order valence-corrected chi connectivity index (χ2v) is 3.01. The number of imidazole rings is 1. The molecule has 0 fully saturated rings. The van der Waals surface area contributed by atoms with E-state index in [1.54, 1.807) is 11.6 Å². The normalized spacial score (nSPS) is 9.71. The zero-order chi connectivity index (χ0) is 10.7. The Morgan fingerprint density at radius 3 is 2.64 bits per heavy atom. The van der Waals surface area contributed by atoms with Crippen molar-refractivity contribution in [3.63, 3.8) is 0 Å². The Labute approximate surface area is 84.9 Å². The average Bonchev–Trinajstić information content (AvgIpc) is 2.48. The Bertz CT molecular complexity index is 485. The van der Waals surface area contributed by atoms with Crippen molar-refractivity contribution in [2.45, 2.75) is 20.8 Å². The lowest BCUT2D eigenvalue weighted by atomic mass is 10.2. The SMILES string of the molecule is CC.Cc1ccc2[nH]c(=O)n(C)c2c1.[HH]. The van der Waals surface area contributed by atoms with E-state index in [0.717, 1.165) is 16.6 Å². The fourth-order valence-electron chi connectivity index (χ4n) is 1.33. The van der Waals surface area contributed by atoms with E-state index < -0.39 is 0 Å². The molecule has 0 unspecified atom stereocenters. The van der Waals surface area contributed by atoms with Crippen molar-refractivity contribution in [3.05, 3.63) is 34.2 Å². The summed E-state index contributed by atoms with van der Waals surface area (Å²) in [4.78, 5) is 13.9. The lowest BCUT2D eigenvalue weighted by Gasteiger charge is -1.94. The zero-order valence-electron chi connectivity index (χ0n) is 9.09. The molecule has 1 heterocycles. The van der Waals surface area contributed by atoms with E-state index >= 15 is 0 Å². The van der Waals surface area contributed by atoms with Gasteiger partial charge in [-0.15, -0.1) is 0 Å². The molecule has 1 aromatic heterocycles. The minimum atomic E-state index is -0.0596. The Morgan fingerprint density at radius 1 is 1.36 bits per heavy atom. The van der Waals surface area contributed by atoms with Gasteiger partial charge >= 0.3 is 5.69 Å². The van der Waals surface area contributed by atoms with Gasteiger partial charge in [0.1, 0.15) is 0 Å². The zero-order valence-corrected chi connectivity index (χ0v) is 9.09. The molecule has 0 saturated heterocycles. The summed E-state index contributed by atoms with van der Waals surface area (Å²) in [6.07, 6.45) is 0. The molecule has 0 saturated carbocycles. The number of hydrogen-bond donors (Lipinski definition) is 1. The Hall–Kier alpha value is -1.51. The third-order valence-corrected chi connectivity index (χ3v) is 2.06. The van der Waals surface area contributed by atoms with Gasteiger partial charge in [0, 0.05) is 8.47 Å². The maximum Gasteiger partial charge on any atom is 0.326 e. The van der Waals surface area contributed by atoms with Gasteiger partial charge in [-0.05, 0) is 24.6 Å². The molecule has 0 aliphatic carbocycles. The highest BCUT2D eigenvalue weighted by molar-refractivity contribution is 5.75. The van der Waals surface area contributed by atoms with Gasteiger partial charge in [0.15, 0.2) is 0 Å². The van der Waals surface area contributed by atoms with E-state index in [1.165, 1.54) is 0 Å². The monoisotopic (exact) mass is 194 g/mol. The first-order chi connectivity index (χ1) is 6.68. The molecule has 3 nitrogen and oxygen atoms in total. The van der Waals surface area contributed by atoms with Gasteiger partial charge < -0.3 is 4.98 Å². The first kappa shape index (κ1) is 10.6. The minimum absolute atomic E-state index is 0. The number of benzene rings is 1. The standard InChI is InChI=1S/C9H10N2O.C2H6.H2/c1-6-3-4-7-8(5-6)11(2)9(12)10-7;1-2;/h3-5H,1-2H3,(H,10,12);1-2H3;1H. The summed E-state index contributed by atoms with van der Waals surface area (Å²) in [5, 5.41) is 0. The molecule has 0 spiro atoms. The third kappa shape index (κ3) is 1.71. The molecule has 14 heavy (non-hydrogen) atoms. The van der Waals surface area contributed by atoms with Crippen LogP contribution in [0.1, 0.15) is 20.8 Å². The number of rotatable bonds is 0. The molecule has 0 bridgehead atoms. The van der Waals surface area contributed by atoms with Crippen molar-refractivity contribution in [1.29, 1.82) is 0 Å². The van der Waals surface area contributed by atoms with E-state index in [9.17, 15) is 4.79 Å². The topological polar surface area (TPSA) is 37.8 Å². The number of aryl methyl sites for hydroxylation is 2. The first-order valence-corrected chi connectivity index (χ1v) is 4.84. The van der Waals surface area contributed by atoms with Gasteiger partial charge in [-0.3, -0.25) is 4.57 Å². The van der Waals surface area contributed by atoms with Crippen molar-refractivity contribution in [2.75, 3.05) is 0 Å². The van der Waals surface area contributed by atoms with Crippen LogP contribution in [0.2, 0.25) is 0 Å². The molecule has 0 aliphatic heterocycles. The maximum absolute atomic E-state index is 11.2. The third-order valence-electron chi connectivity index (χ3n) is 2.06. The molecule has 0 aliphatic rings. The molecule has 2 aromatic rings. The molecule has 1 aromatic carbocycles. The number of fused-ring (bicyclic) bond motifs is 1. The molecule has 0 atom stereocenters. The van der Waals surface area contributed by atoms with E-state index in [1.807, 2.05) is 39.0 Å². The van der Waals surface area contributed by atoms with Crippen LogP contribution in [0, 0.1) is 6.92 Å². The van der Waals surface area contributed by atoms with E-state index in [-0.39, 0.29) is 7.12 Å². The van der Waals surface area contributed by atoms with Crippen LogP contribution >= 0.6 is 0 Å². The van der Waals surface area contributed by atoms with Crippen molar-refractivity contribution in [3.8, 4) is 0 Å². The van der Waals surface area contributed by atoms with Gasteiger partial charge in [0.05, 0.1) is 11.0 Å². The van der Waals surface area contributed by atoms with E-state index in [4.69, 9.17) is 0 Å². The van der Waals surface area contributed by atoms with Gasteiger partial charge in [0.2, 0.25) is 0 Å². The van der Waals surface area contributed by atoms with Crippen molar-refractivity contribution < 1.29 is 1.43 Å². The first-order valence-electron chi connectivity index (χ1n) is 4.84. The summed E-state index contributed by atoms with van der Waals surface area (Å²) in [5.41, 5.74) is 2.96. The predicted octanol–water partition coefficient (Wildman–Crippen LogP) is 2.45. The molecular formula is C11H18N2O. The quantitative estimate of drug-likeness (QED) is 0.687. The summed E-state index contributed by atoms with van der Waals surface area (Å²) < 4.78 is 1.61. The highest BCUT2D eigenvalue weighted by atomic mass is 16.1. The minimum Gasteiger partial charge on any atom is -0.306 e. The fourth-order valence-corrected chi connectivity index (χ4v) is 1.33.